The van der Waals surface area contributed by atoms with Crippen LogP contribution < -0.4 is 45.7 Å². The molecule has 0 saturated carbocycles. The maximum Gasteiger partial charge on any atom is 1.00 e. The van der Waals surface area contributed by atoms with Gasteiger partial charge in [-0.2, -0.15) is 0 Å². The Bertz CT molecular complexity index is 1580. The van der Waals surface area contributed by atoms with Gasteiger partial charge in [-0.25, -0.2) is 9.97 Å². The van der Waals surface area contributed by atoms with Gasteiger partial charge in [-0.15, -0.1) is 34.4 Å². The number of oxime groups is 1. The molecule has 5 N–H and O–H groups in total. The van der Waals surface area contributed by atoms with E-state index in [9.17, 15) is 29.7 Å². The van der Waals surface area contributed by atoms with Crippen molar-refractivity contribution < 1.29 is 64.1 Å². The van der Waals surface area contributed by atoms with Crippen LogP contribution in [0.3, 0.4) is 0 Å². The number of anilines is 1. The fraction of sp³-hybridized carbons (Fsp3) is 0.217. The molecule has 1 saturated heterocycles. The maximum absolute atomic E-state index is 13.0. The summed E-state index contributed by atoms with van der Waals surface area (Å²) in [7, 11) is 1.26. The summed E-state index contributed by atoms with van der Waals surface area (Å²) >= 11 is 5.06. The van der Waals surface area contributed by atoms with Crippen LogP contribution in [0.25, 0.3) is 11.3 Å². The number of aromatic nitrogens is 2. The molecule has 41 heavy (non-hydrogen) atoms. The number of nitrogens with zero attached hydrogens (tertiary/aromatic N) is 4. The van der Waals surface area contributed by atoms with Gasteiger partial charge >= 0.3 is 29.6 Å². The molecule has 1 aromatic carbocycles. The first-order chi connectivity index (χ1) is 19.2. The quantitative estimate of drug-likeness (QED) is 0.0491. The molecule has 2 aromatic heterocycles. The number of phenolic OH excluding ortho intramolecular Hbond substituents is 2. The van der Waals surface area contributed by atoms with E-state index in [1.807, 2.05) is 0 Å². The number of phenols is 2. The third-order valence-corrected chi connectivity index (χ3v) is 9.93. The number of β-lactam (4-membered cyclic amide) rings is 1. The number of carbonyl (C=O) groups is 3. The van der Waals surface area contributed by atoms with Crippen LogP contribution in [0.5, 0.6) is 11.5 Å². The van der Waals surface area contributed by atoms with E-state index in [0.717, 1.165) is 16.2 Å². The first-order valence-electron chi connectivity index (χ1n) is 11.3. The Labute approximate surface area is 271 Å². The van der Waals surface area contributed by atoms with Crippen LogP contribution in [-0.4, -0.2) is 78.6 Å². The number of hydrogen-bond donors (Lipinski definition) is 4. The molecule has 5 rings (SSSR count). The predicted molar refractivity (Wildman–Crippen MR) is 149 cm³/mol. The summed E-state index contributed by atoms with van der Waals surface area (Å²) in [5.74, 6) is -2.76. The van der Waals surface area contributed by atoms with Crippen molar-refractivity contribution in [3.05, 3.63) is 45.9 Å². The third-order valence-electron chi connectivity index (χ3n) is 5.81. The average Bonchev–Trinajstić information content (AvgIpc) is 3.59. The number of nitrogens with two attached hydrogens (primary N) is 1. The zero-order chi connectivity index (χ0) is 28.6. The predicted octanol–water partition coefficient (Wildman–Crippen LogP) is -2.19. The van der Waals surface area contributed by atoms with Crippen molar-refractivity contribution >= 4 is 74.8 Å². The number of carboxylic acid groups (broad SMARTS) is 1. The van der Waals surface area contributed by atoms with Crippen LogP contribution in [0.15, 0.2) is 49.7 Å². The summed E-state index contributed by atoms with van der Waals surface area (Å²) in [4.78, 5) is 52.4. The van der Waals surface area contributed by atoms with Crippen molar-refractivity contribution in [2.45, 2.75) is 15.8 Å². The van der Waals surface area contributed by atoms with E-state index in [1.165, 1.54) is 59.5 Å². The first kappa shape index (κ1) is 31.1. The van der Waals surface area contributed by atoms with Crippen molar-refractivity contribution in [2.24, 2.45) is 5.16 Å². The van der Waals surface area contributed by atoms with E-state index < -0.39 is 29.2 Å². The molecule has 208 valence electrons. The number of nitrogen functional groups attached to an aromatic ring is 1. The third kappa shape index (κ3) is 6.35. The minimum atomic E-state index is -1.49. The zero-order valence-electron chi connectivity index (χ0n) is 21.4. The van der Waals surface area contributed by atoms with Gasteiger partial charge in [0.1, 0.15) is 24.2 Å². The molecule has 3 aromatic rings. The summed E-state index contributed by atoms with van der Waals surface area (Å²) in [6.07, 6.45) is 0. The number of benzene rings is 1. The number of amides is 2. The number of aromatic hydroxyl groups is 2. The Hall–Kier alpha value is -2.80. The Kier molecular flexibility index (Phi) is 9.89. The number of aliphatic carboxylic acids is 1. The molecular weight excluding hydrogens is 624 g/mol. The monoisotopic (exact) mass is 642 g/mol. The molecule has 18 heteroatoms. The van der Waals surface area contributed by atoms with Crippen molar-refractivity contribution in [1.82, 2.24) is 20.2 Å². The minimum absolute atomic E-state index is 0. The van der Waals surface area contributed by atoms with Gasteiger partial charge in [0, 0.05) is 27.8 Å². The maximum atomic E-state index is 13.0. The average molecular weight is 643 g/mol. The fourth-order valence-electron chi connectivity index (χ4n) is 3.97. The number of thioether (sulfide) groups is 2. The van der Waals surface area contributed by atoms with Gasteiger partial charge < -0.3 is 36.0 Å². The second-order valence-electron chi connectivity index (χ2n) is 8.28. The molecule has 0 unspecified atom stereocenters. The smallest absolute Gasteiger partial charge is 0.543 e. The number of carboxylic acids is 1. The Morgan fingerprint density at radius 3 is 2.71 bits per heavy atom. The van der Waals surface area contributed by atoms with Gasteiger partial charge in [-0.3, -0.25) is 14.5 Å². The summed E-state index contributed by atoms with van der Waals surface area (Å²) in [5.41, 5.74) is 7.13. The molecule has 2 aliphatic heterocycles. The normalized spacial score (nSPS) is 18.3. The number of thiazole rings is 2. The van der Waals surface area contributed by atoms with E-state index >= 15 is 0 Å². The van der Waals surface area contributed by atoms with Crippen LogP contribution in [0.4, 0.5) is 5.13 Å². The van der Waals surface area contributed by atoms with Gasteiger partial charge in [0.15, 0.2) is 26.7 Å². The number of nitrogens with one attached hydrogen (secondary N) is 1. The molecule has 2 amide bonds. The van der Waals surface area contributed by atoms with E-state index in [-0.39, 0.29) is 69.0 Å². The second-order valence-corrected chi connectivity index (χ2v) is 12.4. The SMILES string of the molecule is CON=C(C(=O)N[C@@H]1C(=O)N2C(C(=O)[O-])=C(CSc3nc(-c4ccc(O)c(O)c4)cs3)CS[C@@H]12)c1csc(N)n1.[Na+]. The van der Waals surface area contributed by atoms with Crippen molar-refractivity contribution in [2.75, 3.05) is 24.3 Å². The van der Waals surface area contributed by atoms with Crippen LogP contribution in [0.1, 0.15) is 5.69 Å². The van der Waals surface area contributed by atoms with E-state index in [4.69, 9.17) is 10.6 Å². The number of hydrogen-bond acceptors (Lipinski definition) is 15. The van der Waals surface area contributed by atoms with E-state index in [0.29, 0.717) is 26.9 Å². The molecular formula is C23H19N6NaO7S4. The van der Waals surface area contributed by atoms with Gasteiger partial charge in [-0.1, -0.05) is 16.9 Å². The molecule has 2 atom stereocenters. The van der Waals surface area contributed by atoms with Gasteiger partial charge in [0.2, 0.25) is 0 Å². The van der Waals surface area contributed by atoms with E-state index in [1.54, 1.807) is 11.4 Å². The van der Waals surface area contributed by atoms with E-state index in [2.05, 4.69) is 20.4 Å². The molecule has 0 radical (unpaired) electrons. The second kappa shape index (κ2) is 13.0. The van der Waals surface area contributed by atoms with Crippen LogP contribution in [-0.2, 0) is 19.2 Å². The topological polar surface area (TPSA) is 203 Å². The first-order valence-corrected chi connectivity index (χ1v) is 15.1. The summed E-state index contributed by atoms with van der Waals surface area (Å²) in [6, 6.07) is 3.40. The molecule has 0 bridgehead atoms. The Balaban J connectivity index is 0.00000387. The molecule has 2 aliphatic rings. The number of fused-ring (bicyclic) bond motifs is 1. The van der Waals surface area contributed by atoms with Crippen molar-refractivity contribution in [1.29, 1.82) is 0 Å². The minimum Gasteiger partial charge on any atom is -0.543 e. The van der Waals surface area contributed by atoms with Crippen LogP contribution >= 0.6 is 46.2 Å². The van der Waals surface area contributed by atoms with Gasteiger partial charge in [0.25, 0.3) is 11.8 Å². The van der Waals surface area contributed by atoms with Crippen molar-refractivity contribution in [3.8, 4) is 22.8 Å². The standard InChI is InChI=1S/C23H20N6O7S4.Na/c1-36-28-15(12-8-38-22(24)25-12)18(32)27-16-19(33)29-17(21(34)35)10(5-37-20(16)29)6-39-23-26-11(7-40-23)9-2-3-13(30)14(31)4-9;/h2-4,7-8,16,20,30-31H,5-6H2,1H3,(H2,24,25)(H,27,32)(H,34,35);/q;+1/p-1/t16-,20+;/m1./s1. The Morgan fingerprint density at radius 1 is 1.27 bits per heavy atom. The molecule has 0 aliphatic carbocycles. The van der Waals surface area contributed by atoms with Crippen LogP contribution in [0, 0.1) is 0 Å². The number of carbonyl (C=O) groups excluding carboxylic acids is 3. The largest absolute Gasteiger partial charge is 1.00 e. The summed E-state index contributed by atoms with van der Waals surface area (Å²) in [5, 5.41) is 40.5. The summed E-state index contributed by atoms with van der Waals surface area (Å²) in [6.45, 7) is 0. The zero-order valence-corrected chi connectivity index (χ0v) is 26.7. The summed E-state index contributed by atoms with van der Waals surface area (Å²) < 4.78 is 0.646. The fourth-order valence-corrected chi connectivity index (χ4v) is 7.84. The van der Waals surface area contributed by atoms with Gasteiger partial charge in [0.05, 0.1) is 17.4 Å². The molecule has 1 fully saturated rings. The van der Waals surface area contributed by atoms with Crippen LogP contribution in [0.2, 0.25) is 0 Å². The van der Waals surface area contributed by atoms with Gasteiger partial charge in [-0.05, 0) is 23.8 Å². The molecule has 0 spiro atoms. The molecule has 4 heterocycles. The Morgan fingerprint density at radius 2 is 2.05 bits per heavy atom. The van der Waals surface area contributed by atoms with Crippen molar-refractivity contribution in [3.63, 3.8) is 0 Å². The number of rotatable bonds is 9. The molecule has 13 nitrogen and oxygen atoms in total.